The molecule has 3 aromatic heterocycles. The average molecular weight is 558 g/mol. The van der Waals surface area contributed by atoms with Gasteiger partial charge in [0.05, 0.1) is 11.7 Å². The van der Waals surface area contributed by atoms with E-state index in [0.29, 0.717) is 35.3 Å². The highest BCUT2D eigenvalue weighted by Gasteiger charge is 2.34. The Kier molecular flexibility index (Phi) is 7.86. The highest BCUT2D eigenvalue weighted by molar-refractivity contribution is 7.89. The van der Waals surface area contributed by atoms with Gasteiger partial charge >= 0.3 is 0 Å². The molecule has 2 aliphatic rings. The molecule has 0 aromatic carbocycles. The van der Waals surface area contributed by atoms with E-state index >= 15 is 0 Å². The van der Waals surface area contributed by atoms with Gasteiger partial charge in [0.2, 0.25) is 21.9 Å². The van der Waals surface area contributed by atoms with Crippen molar-refractivity contribution >= 4 is 43.4 Å². The summed E-state index contributed by atoms with van der Waals surface area (Å²) in [6.07, 6.45) is 12.2. The molecule has 1 saturated heterocycles. The van der Waals surface area contributed by atoms with Gasteiger partial charge in [-0.05, 0) is 45.1 Å². The maximum atomic E-state index is 13.7. The van der Waals surface area contributed by atoms with Gasteiger partial charge in [-0.2, -0.15) is 4.31 Å². The van der Waals surface area contributed by atoms with E-state index < -0.39 is 15.6 Å². The van der Waals surface area contributed by atoms with Crippen LogP contribution < -0.4 is 15.8 Å². The van der Waals surface area contributed by atoms with Crippen molar-refractivity contribution in [2.24, 2.45) is 0 Å². The van der Waals surface area contributed by atoms with Crippen LogP contribution in [0.1, 0.15) is 37.0 Å². The molecule has 1 N–H and O–H groups in total. The lowest BCUT2D eigenvalue weighted by molar-refractivity contribution is -0.121. The molecule has 1 amide bonds. The first-order chi connectivity index (χ1) is 18.3. The molecule has 11 nitrogen and oxygen atoms in total. The van der Waals surface area contributed by atoms with E-state index in [-0.39, 0.29) is 35.8 Å². The molecule has 13 heteroatoms. The average Bonchev–Trinajstić information content (AvgIpc) is 3.29. The number of nitrogens with one attached hydrogen (secondary N) is 1. The minimum atomic E-state index is -3.96. The largest absolute Gasteiger partial charge is 0.354 e. The molecule has 5 rings (SSSR count). The summed E-state index contributed by atoms with van der Waals surface area (Å²) in [5.74, 6) is 0.253. The molecule has 0 radical (unpaired) electrons. The molecular formula is C25H31N7O4S2. The van der Waals surface area contributed by atoms with Crippen molar-refractivity contribution in [2.75, 3.05) is 37.6 Å². The van der Waals surface area contributed by atoms with Crippen LogP contribution in [-0.4, -0.2) is 70.9 Å². The van der Waals surface area contributed by atoms with Gasteiger partial charge in [-0.15, -0.1) is 11.3 Å². The van der Waals surface area contributed by atoms with E-state index in [2.05, 4.69) is 26.3 Å². The fourth-order valence-electron chi connectivity index (χ4n) is 4.95. The monoisotopic (exact) mass is 557 g/mol. The van der Waals surface area contributed by atoms with E-state index in [0.717, 1.165) is 19.3 Å². The number of fused-ring (bicyclic) bond motifs is 1. The Bertz CT molecular complexity index is 1510. The lowest BCUT2D eigenvalue weighted by atomic mass is 9.97. The van der Waals surface area contributed by atoms with Crippen LogP contribution in [0.15, 0.2) is 46.1 Å². The number of aromatic nitrogens is 4. The number of carbonyl (C=O) groups excluding carboxylic acids is 1. The number of carbonyl (C=O) groups is 1. The van der Waals surface area contributed by atoms with E-state index in [1.165, 1.54) is 45.0 Å². The van der Waals surface area contributed by atoms with E-state index in [1.807, 2.05) is 4.90 Å². The van der Waals surface area contributed by atoms with Gasteiger partial charge in [0.1, 0.15) is 16.3 Å². The van der Waals surface area contributed by atoms with Crippen LogP contribution in [0.3, 0.4) is 0 Å². The Morgan fingerprint density at radius 1 is 1.11 bits per heavy atom. The van der Waals surface area contributed by atoms with Crippen LogP contribution in [-0.2, 0) is 21.4 Å². The minimum Gasteiger partial charge on any atom is -0.354 e. The van der Waals surface area contributed by atoms with Crippen molar-refractivity contribution in [1.29, 1.82) is 0 Å². The lowest BCUT2D eigenvalue weighted by Gasteiger charge is -2.33. The number of allylic oxidation sites excluding steroid dienone is 1. The van der Waals surface area contributed by atoms with Crippen LogP contribution in [0.4, 0.5) is 5.95 Å². The van der Waals surface area contributed by atoms with Gasteiger partial charge in [0.15, 0.2) is 0 Å². The molecule has 4 heterocycles. The minimum absolute atomic E-state index is 0.0154. The Labute approximate surface area is 225 Å². The fraction of sp³-hybridized carbons (Fsp3) is 0.480. The Morgan fingerprint density at radius 2 is 1.87 bits per heavy atom. The summed E-state index contributed by atoms with van der Waals surface area (Å²) in [5, 5.41) is 2.91. The van der Waals surface area contributed by atoms with E-state index in [9.17, 15) is 18.0 Å². The van der Waals surface area contributed by atoms with Crippen molar-refractivity contribution in [3.63, 3.8) is 0 Å². The smallest absolute Gasteiger partial charge is 0.263 e. The molecule has 1 fully saturated rings. The molecule has 0 saturated carbocycles. The fourth-order valence-corrected chi connectivity index (χ4v) is 8.04. The van der Waals surface area contributed by atoms with E-state index in [1.54, 1.807) is 25.4 Å². The number of amides is 1. The third-order valence-corrected chi connectivity index (χ3v) is 10.2. The number of aryl methyl sites for hydroxylation is 1. The standard InChI is InChI=1S/C25H31N7O4S2/c1-18-22(38(35,36)32-14-12-30(13-15-32)25-27-9-5-10-28-25)21-23(37-18)29-17-31(24(21)34)16-20(33)26-11-8-19-6-3-2-4-7-19/h5-6,9-10,17H,2-4,7-8,11-16H2,1H3,(H,26,33). The molecule has 0 unspecified atom stereocenters. The highest BCUT2D eigenvalue weighted by Crippen LogP contribution is 2.33. The SMILES string of the molecule is Cc1sc2ncn(CC(=O)NCCC3=CCCCC3)c(=O)c2c1S(=O)(=O)N1CCN(c2ncccn2)CC1. The van der Waals surface area contributed by atoms with Gasteiger partial charge in [0, 0.05) is 50.0 Å². The second-order valence-corrected chi connectivity index (χ2v) is 12.6. The maximum Gasteiger partial charge on any atom is 0.263 e. The lowest BCUT2D eigenvalue weighted by Crippen LogP contribution is -2.49. The second-order valence-electron chi connectivity index (χ2n) is 9.49. The van der Waals surface area contributed by atoms with Crippen LogP contribution in [0.5, 0.6) is 0 Å². The molecule has 0 spiro atoms. The first kappa shape index (κ1) is 26.4. The first-order valence-electron chi connectivity index (χ1n) is 12.8. The molecule has 202 valence electrons. The quantitative estimate of drug-likeness (QED) is 0.417. The number of anilines is 1. The van der Waals surface area contributed by atoms with Gasteiger partial charge in [-0.25, -0.2) is 23.4 Å². The first-order valence-corrected chi connectivity index (χ1v) is 15.1. The highest BCUT2D eigenvalue weighted by atomic mass is 32.2. The summed E-state index contributed by atoms with van der Waals surface area (Å²) < 4.78 is 30.0. The molecule has 3 aromatic rings. The number of rotatable bonds is 8. The summed E-state index contributed by atoms with van der Waals surface area (Å²) in [4.78, 5) is 41.6. The Morgan fingerprint density at radius 3 is 2.58 bits per heavy atom. The second kappa shape index (κ2) is 11.3. The predicted molar refractivity (Wildman–Crippen MR) is 146 cm³/mol. The van der Waals surface area contributed by atoms with Crippen molar-refractivity contribution in [1.82, 2.24) is 29.1 Å². The summed E-state index contributed by atoms with van der Waals surface area (Å²) in [6, 6.07) is 1.73. The summed E-state index contributed by atoms with van der Waals surface area (Å²) in [6.45, 7) is 3.32. The normalized spacial score (nSPS) is 17.0. The zero-order valence-electron chi connectivity index (χ0n) is 21.3. The zero-order chi connectivity index (χ0) is 26.7. The summed E-state index contributed by atoms with van der Waals surface area (Å²) in [5.41, 5.74) is 0.830. The van der Waals surface area contributed by atoms with Crippen LogP contribution in [0.25, 0.3) is 10.2 Å². The van der Waals surface area contributed by atoms with Crippen molar-refractivity contribution in [3.05, 3.63) is 51.7 Å². The number of piperazine rings is 1. The third-order valence-electron chi connectivity index (χ3n) is 6.94. The molecule has 0 atom stereocenters. The van der Waals surface area contributed by atoms with Gasteiger partial charge in [-0.1, -0.05) is 11.6 Å². The summed E-state index contributed by atoms with van der Waals surface area (Å²) >= 11 is 1.17. The number of hydrogen-bond acceptors (Lipinski definition) is 9. The topological polar surface area (TPSA) is 130 Å². The van der Waals surface area contributed by atoms with Gasteiger partial charge in [0.25, 0.3) is 5.56 Å². The molecule has 1 aliphatic carbocycles. The van der Waals surface area contributed by atoms with E-state index in [4.69, 9.17) is 0 Å². The predicted octanol–water partition coefficient (Wildman–Crippen LogP) is 2.07. The number of thiophene rings is 1. The molecular weight excluding hydrogens is 526 g/mol. The van der Waals surface area contributed by atoms with Crippen LogP contribution in [0, 0.1) is 6.92 Å². The van der Waals surface area contributed by atoms with Crippen LogP contribution in [0.2, 0.25) is 0 Å². The van der Waals surface area contributed by atoms with Crippen molar-refractivity contribution in [2.45, 2.75) is 50.5 Å². The van der Waals surface area contributed by atoms with Crippen LogP contribution >= 0.6 is 11.3 Å². The van der Waals surface area contributed by atoms with Gasteiger partial charge in [-0.3, -0.25) is 14.2 Å². The van der Waals surface area contributed by atoms with Crippen molar-refractivity contribution in [3.8, 4) is 0 Å². The summed E-state index contributed by atoms with van der Waals surface area (Å²) in [7, 11) is -3.96. The van der Waals surface area contributed by atoms with Gasteiger partial charge < -0.3 is 10.2 Å². The molecule has 38 heavy (non-hydrogen) atoms. The Hall–Kier alpha value is -3.16. The number of nitrogens with zero attached hydrogens (tertiary/aromatic N) is 6. The number of hydrogen-bond donors (Lipinski definition) is 1. The maximum absolute atomic E-state index is 13.7. The number of sulfonamides is 1. The molecule has 0 bridgehead atoms. The molecule has 1 aliphatic heterocycles. The van der Waals surface area contributed by atoms with Crippen molar-refractivity contribution < 1.29 is 13.2 Å². The Balaban J connectivity index is 1.32. The zero-order valence-corrected chi connectivity index (χ0v) is 22.9. The third kappa shape index (κ3) is 5.49.